The number of amides is 1. The molecule has 2 aliphatic rings. The van der Waals surface area contributed by atoms with Gasteiger partial charge in [-0.3, -0.25) is 4.79 Å². The van der Waals surface area contributed by atoms with Crippen LogP contribution < -0.4 is 20.3 Å². The number of carbonyl (C=O) groups excluding carboxylic acids is 1. The van der Waals surface area contributed by atoms with E-state index in [1.165, 1.54) is 6.07 Å². The van der Waals surface area contributed by atoms with E-state index in [-0.39, 0.29) is 30.1 Å². The van der Waals surface area contributed by atoms with E-state index >= 15 is 0 Å². The molecule has 1 fully saturated rings. The summed E-state index contributed by atoms with van der Waals surface area (Å²) in [5.41, 5.74) is 7.30. The highest BCUT2D eigenvalue weighted by atomic mass is 19.4. The molecule has 1 amide bonds. The number of hydrogen-bond acceptors (Lipinski definition) is 6. The third kappa shape index (κ3) is 5.03. The molecule has 2 aliphatic heterocycles. The highest BCUT2D eigenvalue weighted by Gasteiger charge is 2.47. The lowest BCUT2D eigenvalue weighted by Gasteiger charge is -2.40. The maximum atomic E-state index is 13.8. The first-order valence-corrected chi connectivity index (χ1v) is 12.9. The van der Waals surface area contributed by atoms with Gasteiger partial charge in [-0.2, -0.15) is 13.2 Å². The monoisotopic (exact) mass is 543 g/mol. The van der Waals surface area contributed by atoms with Crippen molar-refractivity contribution in [1.29, 1.82) is 0 Å². The molecule has 11 heteroatoms. The fourth-order valence-corrected chi connectivity index (χ4v) is 5.59. The Morgan fingerprint density at radius 3 is 2.62 bits per heavy atom. The number of benzene rings is 1. The quantitative estimate of drug-likeness (QED) is 0.444. The van der Waals surface area contributed by atoms with E-state index in [9.17, 15) is 22.4 Å². The summed E-state index contributed by atoms with van der Waals surface area (Å²) in [7, 11) is 0. The lowest BCUT2D eigenvalue weighted by Crippen LogP contribution is -2.46. The fraction of sp³-hybridized carbons (Fsp3) is 0.393. The molecule has 0 atom stereocenters. The lowest BCUT2D eigenvalue weighted by molar-refractivity contribution is -0.143. The first-order chi connectivity index (χ1) is 18.7. The second kappa shape index (κ2) is 10.4. The molecule has 2 N–H and O–H groups in total. The molecular formula is C28H29F4N5O2. The highest BCUT2D eigenvalue weighted by Crippen LogP contribution is 2.49. The van der Waals surface area contributed by atoms with Gasteiger partial charge in [-0.15, -0.1) is 0 Å². The van der Waals surface area contributed by atoms with E-state index in [4.69, 9.17) is 10.5 Å². The SMILES string of the molecule is CCOc1ncccc1-c1ccc2c(c1)N(C(=O)CCN)CC21CCN(c2ccc(F)c(C(F)(F)F)n2)CC1. The summed E-state index contributed by atoms with van der Waals surface area (Å²) in [5.74, 6) is -0.883. The molecule has 0 aliphatic carbocycles. The van der Waals surface area contributed by atoms with Gasteiger partial charge in [0.1, 0.15) is 5.82 Å². The number of aromatic nitrogens is 2. The van der Waals surface area contributed by atoms with Crippen molar-refractivity contribution in [1.82, 2.24) is 9.97 Å². The van der Waals surface area contributed by atoms with Gasteiger partial charge in [0.05, 0.1) is 6.61 Å². The summed E-state index contributed by atoms with van der Waals surface area (Å²) in [6.07, 6.45) is -1.84. The van der Waals surface area contributed by atoms with Gasteiger partial charge in [-0.05, 0) is 61.2 Å². The summed E-state index contributed by atoms with van der Waals surface area (Å²) in [6, 6.07) is 11.8. The van der Waals surface area contributed by atoms with E-state index in [2.05, 4.69) is 9.97 Å². The van der Waals surface area contributed by atoms with Gasteiger partial charge >= 0.3 is 6.18 Å². The highest BCUT2D eigenvalue weighted by molar-refractivity contribution is 5.97. The van der Waals surface area contributed by atoms with Crippen LogP contribution in [0.1, 0.15) is 37.4 Å². The molecule has 39 heavy (non-hydrogen) atoms. The number of anilines is 2. The predicted molar refractivity (Wildman–Crippen MR) is 139 cm³/mol. The number of hydrogen-bond donors (Lipinski definition) is 1. The Hall–Kier alpha value is -3.73. The normalized spacial score (nSPS) is 16.5. The Morgan fingerprint density at radius 2 is 1.92 bits per heavy atom. The van der Waals surface area contributed by atoms with Gasteiger partial charge in [-0.1, -0.05) is 12.1 Å². The Morgan fingerprint density at radius 1 is 1.15 bits per heavy atom. The Balaban J connectivity index is 1.46. The smallest absolute Gasteiger partial charge is 0.436 e. The number of carbonyl (C=O) groups is 1. The molecule has 1 spiro atoms. The van der Waals surface area contributed by atoms with Crippen molar-refractivity contribution in [2.75, 3.05) is 42.6 Å². The molecule has 7 nitrogen and oxygen atoms in total. The first-order valence-electron chi connectivity index (χ1n) is 12.9. The minimum atomic E-state index is -4.88. The van der Waals surface area contributed by atoms with Crippen LogP contribution in [0.15, 0.2) is 48.7 Å². The largest absolute Gasteiger partial charge is 0.478 e. The number of nitrogens with zero attached hydrogens (tertiary/aromatic N) is 4. The topological polar surface area (TPSA) is 84.6 Å². The van der Waals surface area contributed by atoms with Gasteiger partial charge in [0.25, 0.3) is 0 Å². The van der Waals surface area contributed by atoms with Crippen LogP contribution in [-0.2, 0) is 16.4 Å². The first kappa shape index (κ1) is 26.9. The van der Waals surface area contributed by atoms with Crippen LogP contribution in [0.2, 0.25) is 0 Å². The minimum absolute atomic E-state index is 0.0820. The van der Waals surface area contributed by atoms with Crippen LogP contribution in [0.5, 0.6) is 5.88 Å². The number of pyridine rings is 2. The van der Waals surface area contributed by atoms with E-state index in [0.29, 0.717) is 45.0 Å². The van der Waals surface area contributed by atoms with Crippen molar-refractivity contribution >= 4 is 17.4 Å². The number of alkyl halides is 3. The molecule has 0 bridgehead atoms. The molecule has 1 saturated heterocycles. The zero-order valence-electron chi connectivity index (χ0n) is 21.5. The summed E-state index contributed by atoms with van der Waals surface area (Å²) in [6.45, 7) is 3.84. The molecule has 206 valence electrons. The number of fused-ring (bicyclic) bond motifs is 2. The average Bonchev–Trinajstić information content (AvgIpc) is 3.23. The van der Waals surface area contributed by atoms with Gasteiger partial charge in [0.2, 0.25) is 11.8 Å². The van der Waals surface area contributed by atoms with Crippen LogP contribution in [0.4, 0.5) is 29.1 Å². The zero-order chi connectivity index (χ0) is 27.8. The van der Waals surface area contributed by atoms with Crippen LogP contribution in [0.3, 0.4) is 0 Å². The summed E-state index contributed by atoms with van der Waals surface area (Å²) in [4.78, 5) is 24.6. The summed E-state index contributed by atoms with van der Waals surface area (Å²) in [5, 5.41) is 0. The maximum absolute atomic E-state index is 13.8. The van der Waals surface area contributed by atoms with Crippen molar-refractivity contribution in [3.8, 4) is 17.0 Å². The van der Waals surface area contributed by atoms with E-state index < -0.39 is 17.7 Å². The fourth-order valence-electron chi connectivity index (χ4n) is 5.59. The van der Waals surface area contributed by atoms with Crippen molar-refractivity contribution in [2.24, 2.45) is 5.73 Å². The standard InChI is InChI=1S/C28H29F4N5O2/c1-2-39-26-19(4-3-13-34-26)18-5-6-20-22(16-18)37(24(38)9-12-33)17-27(20)10-14-36(15-11-27)23-8-7-21(29)25(35-23)28(30,31)32/h3-8,13,16H,2,9-12,14-15,17,33H2,1H3. The number of piperidine rings is 1. The van der Waals surface area contributed by atoms with E-state index in [1.54, 1.807) is 16.0 Å². The van der Waals surface area contributed by atoms with E-state index in [0.717, 1.165) is 28.4 Å². The molecule has 0 unspecified atom stereocenters. The number of rotatable bonds is 6. The second-order valence-electron chi connectivity index (χ2n) is 9.80. The molecular weight excluding hydrogens is 514 g/mol. The van der Waals surface area contributed by atoms with Crippen LogP contribution in [0.25, 0.3) is 11.1 Å². The van der Waals surface area contributed by atoms with Crippen molar-refractivity contribution in [3.63, 3.8) is 0 Å². The third-order valence-electron chi connectivity index (χ3n) is 7.49. The van der Waals surface area contributed by atoms with Gasteiger partial charge < -0.3 is 20.3 Å². The van der Waals surface area contributed by atoms with Crippen LogP contribution in [-0.4, -0.2) is 48.7 Å². The lowest BCUT2D eigenvalue weighted by atomic mass is 9.74. The Labute approximate surface area is 223 Å². The van der Waals surface area contributed by atoms with Gasteiger partial charge in [-0.25, -0.2) is 14.4 Å². The number of nitrogens with two attached hydrogens (primary N) is 1. The molecule has 1 aromatic carbocycles. The second-order valence-corrected chi connectivity index (χ2v) is 9.80. The minimum Gasteiger partial charge on any atom is -0.478 e. The molecule has 2 aromatic heterocycles. The van der Waals surface area contributed by atoms with Crippen LogP contribution in [0, 0.1) is 5.82 Å². The number of ether oxygens (including phenoxy) is 1. The maximum Gasteiger partial charge on any atom is 0.436 e. The van der Waals surface area contributed by atoms with Crippen molar-refractivity contribution in [2.45, 2.75) is 37.8 Å². The third-order valence-corrected chi connectivity index (χ3v) is 7.49. The number of halogens is 4. The Bertz CT molecular complexity index is 1370. The molecule has 3 aromatic rings. The summed E-state index contributed by atoms with van der Waals surface area (Å²) < 4.78 is 59.2. The van der Waals surface area contributed by atoms with Crippen molar-refractivity contribution in [3.05, 3.63) is 65.7 Å². The summed E-state index contributed by atoms with van der Waals surface area (Å²) >= 11 is 0. The molecule has 0 saturated carbocycles. The average molecular weight is 544 g/mol. The Kier molecular flexibility index (Phi) is 7.19. The van der Waals surface area contributed by atoms with Gasteiger partial charge in [0.15, 0.2) is 11.5 Å². The van der Waals surface area contributed by atoms with Crippen molar-refractivity contribution < 1.29 is 27.1 Å². The van der Waals surface area contributed by atoms with Crippen LogP contribution >= 0.6 is 0 Å². The van der Waals surface area contributed by atoms with E-state index in [1.807, 2.05) is 37.3 Å². The molecule has 4 heterocycles. The predicted octanol–water partition coefficient (Wildman–Crippen LogP) is 4.93. The van der Waals surface area contributed by atoms with Gasteiger partial charge in [0, 0.05) is 55.5 Å². The molecule has 0 radical (unpaired) electrons. The zero-order valence-corrected chi connectivity index (χ0v) is 21.5. The molecule has 5 rings (SSSR count).